The molecule has 186 valence electrons. The summed E-state index contributed by atoms with van der Waals surface area (Å²) in [5, 5.41) is 0. The SMILES string of the molecule is CC1CCC(C(C)C)C(N(c2ccc(C3SCCCS3)cc2)C2CC(C)CCC2C(C)C)C1. The Bertz CT molecular complexity index is 691. The third kappa shape index (κ3) is 6.11. The van der Waals surface area contributed by atoms with E-state index in [9.17, 15) is 0 Å². The second-order valence-electron chi connectivity index (χ2n) is 12.2. The van der Waals surface area contributed by atoms with Crippen LogP contribution < -0.4 is 4.90 Å². The van der Waals surface area contributed by atoms with Gasteiger partial charge in [-0.2, -0.15) is 0 Å². The van der Waals surface area contributed by atoms with Gasteiger partial charge in [0.15, 0.2) is 0 Å². The molecule has 6 unspecified atom stereocenters. The van der Waals surface area contributed by atoms with Crippen molar-refractivity contribution in [3.63, 3.8) is 0 Å². The Hall–Kier alpha value is -0.280. The predicted molar refractivity (Wildman–Crippen MR) is 151 cm³/mol. The summed E-state index contributed by atoms with van der Waals surface area (Å²) in [6, 6.07) is 11.4. The molecule has 1 aromatic rings. The van der Waals surface area contributed by atoms with E-state index in [1.54, 1.807) is 0 Å². The maximum absolute atomic E-state index is 3.01. The number of hydrogen-bond donors (Lipinski definition) is 0. The molecule has 4 rings (SSSR count). The van der Waals surface area contributed by atoms with Gasteiger partial charge in [-0.05, 0) is 96.8 Å². The number of anilines is 1. The lowest BCUT2D eigenvalue weighted by molar-refractivity contribution is 0.136. The third-order valence-electron chi connectivity index (χ3n) is 8.98. The fourth-order valence-corrected chi connectivity index (χ4v) is 9.95. The van der Waals surface area contributed by atoms with E-state index in [0.29, 0.717) is 16.7 Å². The van der Waals surface area contributed by atoms with Crippen LogP contribution in [0.3, 0.4) is 0 Å². The zero-order chi connectivity index (χ0) is 23.5. The molecule has 0 bridgehead atoms. The second kappa shape index (κ2) is 11.6. The quantitative estimate of drug-likeness (QED) is 0.393. The molecular formula is C30H49NS2. The summed E-state index contributed by atoms with van der Waals surface area (Å²) >= 11 is 4.29. The Balaban J connectivity index is 1.70. The van der Waals surface area contributed by atoms with Crippen LogP contribution in [0.25, 0.3) is 0 Å². The van der Waals surface area contributed by atoms with Gasteiger partial charge in [-0.1, -0.05) is 66.5 Å². The summed E-state index contributed by atoms with van der Waals surface area (Å²) < 4.78 is 0.637. The van der Waals surface area contributed by atoms with Gasteiger partial charge < -0.3 is 4.90 Å². The minimum absolute atomic E-state index is 0.637. The van der Waals surface area contributed by atoms with Gasteiger partial charge in [0.1, 0.15) is 0 Å². The fourth-order valence-electron chi connectivity index (χ4n) is 7.06. The third-order valence-corrected chi connectivity index (χ3v) is 12.0. The first-order valence-corrected chi connectivity index (χ1v) is 16.1. The molecule has 0 N–H and O–H groups in total. The lowest BCUT2D eigenvalue weighted by atomic mass is 9.69. The van der Waals surface area contributed by atoms with Crippen LogP contribution in [0.1, 0.15) is 96.6 Å². The molecular weight excluding hydrogens is 438 g/mol. The van der Waals surface area contributed by atoms with Crippen LogP contribution in [0, 0.1) is 35.5 Å². The largest absolute Gasteiger partial charge is 0.365 e. The molecule has 2 saturated carbocycles. The zero-order valence-electron chi connectivity index (χ0n) is 22.1. The zero-order valence-corrected chi connectivity index (χ0v) is 23.8. The van der Waals surface area contributed by atoms with Crippen molar-refractivity contribution in [2.45, 2.75) is 103 Å². The minimum Gasteiger partial charge on any atom is -0.365 e. The molecule has 2 aliphatic carbocycles. The van der Waals surface area contributed by atoms with Gasteiger partial charge in [0.25, 0.3) is 0 Å². The number of rotatable bonds is 6. The van der Waals surface area contributed by atoms with E-state index in [1.807, 2.05) is 0 Å². The van der Waals surface area contributed by atoms with Crippen LogP contribution in [0.4, 0.5) is 5.69 Å². The Morgan fingerprint density at radius 3 is 1.67 bits per heavy atom. The highest BCUT2D eigenvalue weighted by molar-refractivity contribution is 8.16. The maximum Gasteiger partial charge on any atom is 0.0751 e. The van der Waals surface area contributed by atoms with Crippen molar-refractivity contribution in [3.05, 3.63) is 29.8 Å². The van der Waals surface area contributed by atoms with Crippen LogP contribution in [0.2, 0.25) is 0 Å². The van der Waals surface area contributed by atoms with Crippen LogP contribution in [0.15, 0.2) is 24.3 Å². The van der Waals surface area contributed by atoms with Crippen LogP contribution >= 0.6 is 23.5 Å². The van der Waals surface area contributed by atoms with Crippen molar-refractivity contribution in [1.29, 1.82) is 0 Å². The summed E-state index contributed by atoms with van der Waals surface area (Å²) in [6.45, 7) is 14.9. The lowest BCUT2D eigenvalue weighted by Gasteiger charge is -2.53. The highest BCUT2D eigenvalue weighted by Crippen LogP contribution is 2.47. The average Bonchev–Trinajstić information content (AvgIpc) is 2.80. The van der Waals surface area contributed by atoms with Crippen molar-refractivity contribution in [2.24, 2.45) is 35.5 Å². The van der Waals surface area contributed by atoms with Gasteiger partial charge in [0, 0.05) is 17.8 Å². The van der Waals surface area contributed by atoms with E-state index in [2.05, 4.69) is 94.2 Å². The lowest BCUT2D eigenvalue weighted by Crippen LogP contribution is -2.55. The Labute approximate surface area is 213 Å². The molecule has 0 aromatic heterocycles. The number of benzene rings is 1. The molecule has 1 aromatic carbocycles. The van der Waals surface area contributed by atoms with Crippen LogP contribution in [-0.4, -0.2) is 23.6 Å². The topological polar surface area (TPSA) is 3.24 Å². The number of thioether (sulfide) groups is 2. The smallest absolute Gasteiger partial charge is 0.0751 e. The number of hydrogen-bond acceptors (Lipinski definition) is 3. The molecule has 3 fully saturated rings. The Kier molecular flexibility index (Phi) is 9.10. The molecule has 1 heterocycles. The van der Waals surface area contributed by atoms with E-state index in [0.717, 1.165) is 35.5 Å². The molecule has 1 nitrogen and oxygen atoms in total. The molecule has 0 amide bonds. The molecule has 3 heteroatoms. The molecule has 0 radical (unpaired) electrons. The molecule has 3 aliphatic rings. The Morgan fingerprint density at radius 1 is 0.727 bits per heavy atom. The molecule has 1 saturated heterocycles. The predicted octanol–water partition coefficient (Wildman–Crippen LogP) is 9.28. The van der Waals surface area contributed by atoms with E-state index in [4.69, 9.17) is 0 Å². The maximum atomic E-state index is 3.01. The minimum atomic E-state index is 0.637. The first-order chi connectivity index (χ1) is 15.8. The monoisotopic (exact) mass is 487 g/mol. The summed E-state index contributed by atoms with van der Waals surface area (Å²) in [5.74, 6) is 7.48. The standard InChI is InChI=1S/C30H49NS2/c1-20(2)26-14-8-22(5)18-28(26)31(29-19-23(6)9-15-27(29)21(3)4)25-12-10-24(11-13-25)30-32-16-7-17-33-30/h10-13,20-23,26-30H,7-9,14-19H2,1-6H3. The van der Waals surface area contributed by atoms with E-state index in [1.165, 1.54) is 67.7 Å². The summed E-state index contributed by atoms with van der Waals surface area (Å²) in [6.07, 6.45) is 9.74. The summed E-state index contributed by atoms with van der Waals surface area (Å²) in [4.78, 5) is 3.01. The van der Waals surface area contributed by atoms with Gasteiger partial charge in [-0.3, -0.25) is 0 Å². The van der Waals surface area contributed by atoms with Crippen LogP contribution in [-0.2, 0) is 0 Å². The van der Waals surface area contributed by atoms with Gasteiger partial charge in [0.2, 0.25) is 0 Å². The molecule has 0 spiro atoms. The van der Waals surface area contributed by atoms with Crippen molar-refractivity contribution < 1.29 is 0 Å². The fraction of sp³-hybridized carbons (Fsp3) is 0.800. The Morgan fingerprint density at radius 2 is 1.21 bits per heavy atom. The van der Waals surface area contributed by atoms with E-state index < -0.39 is 0 Å². The van der Waals surface area contributed by atoms with Crippen molar-refractivity contribution >= 4 is 29.2 Å². The highest BCUT2D eigenvalue weighted by atomic mass is 32.2. The molecule has 1 aliphatic heterocycles. The summed E-state index contributed by atoms with van der Waals surface area (Å²) in [7, 11) is 0. The van der Waals surface area contributed by atoms with Crippen molar-refractivity contribution in [1.82, 2.24) is 0 Å². The van der Waals surface area contributed by atoms with Crippen molar-refractivity contribution in [2.75, 3.05) is 16.4 Å². The first kappa shape index (κ1) is 25.8. The highest BCUT2D eigenvalue weighted by Gasteiger charge is 2.42. The second-order valence-corrected chi connectivity index (χ2v) is 14.9. The number of nitrogens with zero attached hydrogens (tertiary/aromatic N) is 1. The van der Waals surface area contributed by atoms with E-state index in [-0.39, 0.29) is 0 Å². The van der Waals surface area contributed by atoms with Gasteiger partial charge in [-0.15, -0.1) is 23.5 Å². The molecule has 33 heavy (non-hydrogen) atoms. The van der Waals surface area contributed by atoms with E-state index >= 15 is 0 Å². The van der Waals surface area contributed by atoms with Gasteiger partial charge in [0.05, 0.1) is 4.58 Å². The van der Waals surface area contributed by atoms with Crippen molar-refractivity contribution in [3.8, 4) is 0 Å². The van der Waals surface area contributed by atoms with Gasteiger partial charge >= 0.3 is 0 Å². The van der Waals surface area contributed by atoms with Crippen LogP contribution in [0.5, 0.6) is 0 Å². The average molecular weight is 488 g/mol. The normalized spacial score (nSPS) is 34.1. The summed E-state index contributed by atoms with van der Waals surface area (Å²) in [5.41, 5.74) is 3.04. The molecule has 6 atom stereocenters. The first-order valence-electron chi connectivity index (χ1n) is 14.0. The van der Waals surface area contributed by atoms with Gasteiger partial charge in [-0.25, -0.2) is 0 Å².